The quantitative estimate of drug-likeness (QED) is 0.356. The average Bonchev–Trinajstić information content (AvgIpc) is 2.34. The van der Waals surface area contributed by atoms with Crippen molar-refractivity contribution in [1.29, 1.82) is 0 Å². The van der Waals surface area contributed by atoms with Gasteiger partial charge in [-0.25, -0.2) is 0 Å². The van der Waals surface area contributed by atoms with Crippen LogP contribution in [0, 0.1) is 0 Å². The van der Waals surface area contributed by atoms with Gasteiger partial charge in [0.25, 0.3) is 0 Å². The lowest BCUT2D eigenvalue weighted by molar-refractivity contribution is 0.319. The van der Waals surface area contributed by atoms with Gasteiger partial charge < -0.3 is 9.94 Å². The highest BCUT2D eigenvalue weighted by atomic mass is 16.5. The van der Waals surface area contributed by atoms with E-state index in [4.69, 9.17) is 9.94 Å². The van der Waals surface area contributed by atoms with Crippen LogP contribution in [0.3, 0.4) is 0 Å². The van der Waals surface area contributed by atoms with Gasteiger partial charge in [-0.1, -0.05) is 36.0 Å². The minimum absolute atomic E-state index is 0.505. The molecule has 0 amide bonds. The molecular formula is C13H15NO2. The zero-order valence-electron chi connectivity index (χ0n) is 9.26. The van der Waals surface area contributed by atoms with Crippen molar-refractivity contribution in [1.82, 2.24) is 0 Å². The van der Waals surface area contributed by atoms with Crippen LogP contribution in [-0.4, -0.2) is 17.5 Å². The molecule has 0 atom stereocenters. The molecule has 0 aliphatic rings. The third-order valence-electron chi connectivity index (χ3n) is 1.92. The molecule has 1 aromatic rings. The molecule has 0 bridgehead atoms. The SMILES string of the molecule is C=CCOc1ccc(/C=C/C(C)=NO)cc1. The number of ether oxygens (including phenoxy) is 1. The van der Waals surface area contributed by atoms with Gasteiger partial charge in [0, 0.05) is 0 Å². The molecule has 0 heterocycles. The third-order valence-corrected chi connectivity index (χ3v) is 1.92. The molecule has 1 aromatic carbocycles. The van der Waals surface area contributed by atoms with Crippen LogP contribution in [0.1, 0.15) is 12.5 Å². The van der Waals surface area contributed by atoms with E-state index >= 15 is 0 Å². The van der Waals surface area contributed by atoms with Crippen LogP contribution in [0.15, 0.2) is 48.2 Å². The molecule has 1 N–H and O–H groups in total. The molecule has 0 fully saturated rings. The third kappa shape index (κ3) is 4.00. The van der Waals surface area contributed by atoms with Crippen LogP contribution in [0.4, 0.5) is 0 Å². The van der Waals surface area contributed by atoms with Crippen LogP contribution in [0.2, 0.25) is 0 Å². The lowest BCUT2D eigenvalue weighted by Gasteiger charge is -2.02. The molecule has 0 saturated carbocycles. The maximum Gasteiger partial charge on any atom is 0.119 e. The molecule has 3 nitrogen and oxygen atoms in total. The smallest absolute Gasteiger partial charge is 0.119 e. The van der Waals surface area contributed by atoms with Gasteiger partial charge in [-0.15, -0.1) is 0 Å². The molecule has 3 heteroatoms. The zero-order valence-corrected chi connectivity index (χ0v) is 9.26. The molecule has 16 heavy (non-hydrogen) atoms. The first-order valence-corrected chi connectivity index (χ1v) is 4.96. The topological polar surface area (TPSA) is 41.8 Å². The fraction of sp³-hybridized carbons (Fsp3) is 0.154. The Balaban J connectivity index is 2.64. The first-order chi connectivity index (χ1) is 7.76. The maximum absolute atomic E-state index is 8.46. The Labute approximate surface area is 95.4 Å². The molecule has 0 aliphatic carbocycles. The minimum Gasteiger partial charge on any atom is -0.490 e. The Morgan fingerprint density at radius 3 is 2.69 bits per heavy atom. The fourth-order valence-corrected chi connectivity index (χ4v) is 1.08. The van der Waals surface area contributed by atoms with Crippen molar-refractivity contribution in [3.05, 3.63) is 48.6 Å². The van der Waals surface area contributed by atoms with Crippen molar-refractivity contribution in [3.8, 4) is 5.75 Å². The maximum atomic E-state index is 8.46. The number of oxime groups is 1. The highest BCUT2D eigenvalue weighted by Crippen LogP contribution is 2.13. The summed E-state index contributed by atoms with van der Waals surface area (Å²) in [5.74, 6) is 0.810. The van der Waals surface area contributed by atoms with Gasteiger partial charge in [0.05, 0.1) is 5.71 Å². The molecule has 0 aliphatic heterocycles. The summed E-state index contributed by atoms with van der Waals surface area (Å²) >= 11 is 0. The van der Waals surface area contributed by atoms with E-state index in [-0.39, 0.29) is 0 Å². The van der Waals surface area contributed by atoms with Crippen LogP contribution in [0.5, 0.6) is 5.75 Å². The van der Waals surface area contributed by atoms with E-state index < -0.39 is 0 Å². The predicted octanol–water partition coefficient (Wildman–Crippen LogP) is 3.11. The van der Waals surface area contributed by atoms with Crippen LogP contribution in [0.25, 0.3) is 6.08 Å². The van der Waals surface area contributed by atoms with E-state index in [1.807, 2.05) is 30.3 Å². The van der Waals surface area contributed by atoms with Gasteiger partial charge in [0.15, 0.2) is 0 Å². The Bertz CT molecular complexity index is 391. The fourth-order valence-electron chi connectivity index (χ4n) is 1.08. The van der Waals surface area contributed by atoms with E-state index in [9.17, 15) is 0 Å². The largest absolute Gasteiger partial charge is 0.490 e. The minimum atomic E-state index is 0.505. The Kier molecular flexibility index (Phi) is 4.86. The standard InChI is InChI=1S/C13H15NO2/c1-3-10-16-13-8-6-12(7-9-13)5-4-11(2)14-15/h3-9,15H,1,10H2,2H3/b5-4+,14-11?. The number of hydrogen-bond donors (Lipinski definition) is 1. The van der Waals surface area contributed by atoms with E-state index in [0.717, 1.165) is 11.3 Å². The molecular weight excluding hydrogens is 202 g/mol. The van der Waals surface area contributed by atoms with Crippen LogP contribution < -0.4 is 4.74 Å². The van der Waals surface area contributed by atoms with E-state index in [1.165, 1.54) is 0 Å². The highest BCUT2D eigenvalue weighted by molar-refractivity contribution is 5.95. The number of hydrogen-bond acceptors (Lipinski definition) is 3. The molecule has 84 valence electrons. The van der Waals surface area contributed by atoms with Crippen molar-refractivity contribution in [2.75, 3.05) is 6.61 Å². The lowest BCUT2D eigenvalue weighted by Crippen LogP contribution is -1.92. The summed E-state index contributed by atoms with van der Waals surface area (Å²) in [6.45, 7) is 5.80. The Hall–Kier alpha value is -2.03. The zero-order chi connectivity index (χ0) is 11.8. The Morgan fingerprint density at radius 1 is 1.44 bits per heavy atom. The molecule has 0 aromatic heterocycles. The first kappa shape index (κ1) is 12.0. The van der Waals surface area contributed by atoms with Gasteiger partial charge in [-0.05, 0) is 30.7 Å². The summed E-state index contributed by atoms with van der Waals surface area (Å²) in [5.41, 5.74) is 1.58. The monoisotopic (exact) mass is 217 g/mol. The van der Waals surface area contributed by atoms with Crippen molar-refractivity contribution in [2.24, 2.45) is 5.16 Å². The van der Waals surface area contributed by atoms with Gasteiger partial charge >= 0.3 is 0 Å². The summed E-state index contributed by atoms with van der Waals surface area (Å²) in [5, 5.41) is 11.5. The first-order valence-electron chi connectivity index (χ1n) is 4.96. The van der Waals surface area contributed by atoms with Gasteiger partial charge in [0.2, 0.25) is 0 Å². The second-order valence-corrected chi connectivity index (χ2v) is 3.24. The molecule has 1 rings (SSSR count). The number of rotatable bonds is 5. The second-order valence-electron chi connectivity index (χ2n) is 3.24. The Morgan fingerprint density at radius 2 is 2.12 bits per heavy atom. The predicted molar refractivity (Wildman–Crippen MR) is 66.1 cm³/mol. The van der Waals surface area contributed by atoms with Gasteiger partial charge in [-0.2, -0.15) is 0 Å². The van der Waals surface area contributed by atoms with Gasteiger partial charge in [-0.3, -0.25) is 0 Å². The van der Waals surface area contributed by atoms with Crippen LogP contribution in [-0.2, 0) is 0 Å². The molecule has 0 spiro atoms. The van der Waals surface area contributed by atoms with E-state index in [2.05, 4.69) is 11.7 Å². The van der Waals surface area contributed by atoms with Crippen molar-refractivity contribution >= 4 is 11.8 Å². The van der Waals surface area contributed by atoms with Crippen LogP contribution >= 0.6 is 0 Å². The summed E-state index contributed by atoms with van der Waals surface area (Å²) in [4.78, 5) is 0. The summed E-state index contributed by atoms with van der Waals surface area (Å²) in [6.07, 6.45) is 5.31. The second kappa shape index (κ2) is 6.45. The normalized spacial score (nSPS) is 11.7. The van der Waals surface area contributed by atoms with Gasteiger partial charge in [0.1, 0.15) is 12.4 Å². The molecule has 0 unspecified atom stereocenters. The number of allylic oxidation sites excluding steroid dienone is 1. The molecule has 0 saturated heterocycles. The van der Waals surface area contributed by atoms with E-state index in [0.29, 0.717) is 12.3 Å². The van der Waals surface area contributed by atoms with Crippen molar-refractivity contribution in [3.63, 3.8) is 0 Å². The highest BCUT2D eigenvalue weighted by Gasteiger charge is 1.92. The average molecular weight is 217 g/mol. The summed E-state index contributed by atoms with van der Waals surface area (Å²) in [6, 6.07) is 7.63. The molecule has 0 radical (unpaired) electrons. The number of nitrogens with zero attached hydrogens (tertiary/aromatic N) is 1. The van der Waals surface area contributed by atoms with E-state index in [1.54, 1.807) is 19.1 Å². The van der Waals surface area contributed by atoms with Crippen molar-refractivity contribution < 1.29 is 9.94 Å². The lowest BCUT2D eigenvalue weighted by atomic mass is 10.2. The number of benzene rings is 1. The summed E-state index contributed by atoms with van der Waals surface area (Å²) in [7, 11) is 0. The van der Waals surface area contributed by atoms with Crippen molar-refractivity contribution in [2.45, 2.75) is 6.92 Å². The summed E-state index contributed by atoms with van der Waals surface area (Å²) < 4.78 is 5.35.